The Bertz CT molecular complexity index is 708. The third-order valence-corrected chi connectivity index (χ3v) is 3.65. The fraction of sp³-hybridized carbons (Fsp3) is 0.400. The first kappa shape index (κ1) is 24.8. The number of ether oxygens (including phenoxy) is 1. The lowest BCUT2D eigenvalue weighted by atomic mass is 10.0. The van der Waals surface area contributed by atoms with Crippen molar-refractivity contribution in [1.29, 1.82) is 0 Å². The number of nitrogens with one attached hydrogen (secondary N) is 1. The van der Waals surface area contributed by atoms with Crippen LogP contribution in [0.3, 0.4) is 0 Å². The fourth-order valence-electron chi connectivity index (χ4n) is 2.42. The molecule has 0 fully saturated rings. The highest BCUT2D eigenvalue weighted by Gasteiger charge is 2.23. The molecule has 0 radical (unpaired) electrons. The number of primary amides is 1. The number of terminal acetylenes is 1. The second-order valence-corrected chi connectivity index (χ2v) is 5.83. The lowest BCUT2D eigenvalue weighted by Gasteiger charge is -2.27. The van der Waals surface area contributed by atoms with Crippen LogP contribution in [-0.4, -0.2) is 56.0 Å². The molecule has 1 rings (SSSR count). The quantitative estimate of drug-likeness (QED) is 0.445. The Morgan fingerprint density at radius 2 is 2.04 bits per heavy atom. The van der Waals surface area contributed by atoms with Gasteiger partial charge in [0.1, 0.15) is 18.6 Å². The first-order chi connectivity index (χ1) is 13.3. The molecule has 0 spiro atoms. The van der Waals surface area contributed by atoms with Crippen molar-refractivity contribution in [3.8, 4) is 18.1 Å². The summed E-state index contributed by atoms with van der Waals surface area (Å²) in [5.74, 6) is 2.38. The largest absolute Gasteiger partial charge is 0.481 e. The molecule has 152 valence electrons. The molecule has 8 nitrogen and oxygen atoms in total. The summed E-state index contributed by atoms with van der Waals surface area (Å²) in [4.78, 5) is 45.0. The van der Waals surface area contributed by atoms with Crippen molar-refractivity contribution in [1.82, 2.24) is 10.2 Å². The molecule has 1 unspecified atom stereocenters. The summed E-state index contributed by atoms with van der Waals surface area (Å²) in [6.45, 7) is 1.70. The normalized spacial score (nSPS) is 10.7. The number of rotatable bonds is 10. The highest BCUT2D eigenvalue weighted by atomic mass is 16.5. The summed E-state index contributed by atoms with van der Waals surface area (Å²) in [6.07, 6.45) is 7.41. The summed E-state index contributed by atoms with van der Waals surface area (Å²) in [6, 6.07) is 4.63. The average Bonchev–Trinajstić information content (AvgIpc) is 2.66. The number of hydrogen-bond acceptors (Lipinski definition) is 6. The molecule has 0 aliphatic rings. The van der Waals surface area contributed by atoms with Crippen LogP contribution >= 0.6 is 0 Å². The lowest BCUT2D eigenvalue weighted by molar-refractivity contribution is -0.126. The number of nitrogens with two attached hydrogens (primary N) is 1. The Balaban J connectivity index is 0.00000165. The molecule has 8 heteroatoms. The average molecular weight is 389 g/mol. The van der Waals surface area contributed by atoms with E-state index in [4.69, 9.17) is 11.2 Å². The molecular weight excluding hydrogens is 362 g/mol. The second kappa shape index (κ2) is 13.9. The van der Waals surface area contributed by atoms with Gasteiger partial charge in [-0.05, 0) is 19.5 Å². The van der Waals surface area contributed by atoms with Crippen LogP contribution < -0.4 is 15.8 Å². The zero-order chi connectivity index (χ0) is 21.5. The van der Waals surface area contributed by atoms with Gasteiger partial charge in [0.25, 0.3) is 0 Å². The molecule has 2 amide bonds. The molecule has 0 saturated heterocycles. The van der Waals surface area contributed by atoms with Gasteiger partial charge in [-0.2, -0.15) is 0 Å². The van der Waals surface area contributed by atoms with E-state index in [1.165, 1.54) is 6.92 Å². The van der Waals surface area contributed by atoms with E-state index in [0.717, 1.165) is 12.6 Å². The van der Waals surface area contributed by atoms with Gasteiger partial charge in [0.15, 0.2) is 6.29 Å². The molecule has 1 aromatic carbocycles. The molecule has 0 aliphatic carbocycles. The third kappa shape index (κ3) is 8.96. The minimum absolute atomic E-state index is 0.0864. The molecule has 0 aromatic heterocycles. The van der Waals surface area contributed by atoms with Gasteiger partial charge in [0.2, 0.25) is 11.8 Å². The summed E-state index contributed by atoms with van der Waals surface area (Å²) in [5.41, 5.74) is 5.60. The summed E-state index contributed by atoms with van der Waals surface area (Å²) >= 11 is 0. The molecule has 0 aliphatic heterocycles. The van der Waals surface area contributed by atoms with E-state index in [-0.39, 0.29) is 24.8 Å². The minimum Gasteiger partial charge on any atom is -0.481 e. The van der Waals surface area contributed by atoms with Crippen molar-refractivity contribution in [2.45, 2.75) is 32.4 Å². The number of hydrogen-bond donors (Lipinski definition) is 2. The van der Waals surface area contributed by atoms with Gasteiger partial charge in [0, 0.05) is 38.1 Å². The van der Waals surface area contributed by atoms with Crippen molar-refractivity contribution in [3.05, 3.63) is 29.3 Å². The van der Waals surface area contributed by atoms with Gasteiger partial charge in [-0.25, -0.2) is 0 Å². The van der Waals surface area contributed by atoms with Crippen LogP contribution in [0.1, 0.15) is 35.7 Å². The monoisotopic (exact) mass is 389 g/mol. The van der Waals surface area contributed by atoms with Gasteiger partial charge in [-0.1, -0.05) is 18.1 Å². The van der Waals surface area contributed by atoms with E-state index >= 15 is 0 Å². The highest BCUT2D eigenvalue weighted by molar-refractivity contribution is 5.82. The Hall–Kier alpha value is -3.18. The maximum Gasteiger partial charge on any atom is 0.237 e. The van der Waals surface area contributed by atoms with E-state index in [1.54, 1.807) is 37.2 Å². The highest BCUT2D eigenvalue weighted by Crippen LogP contribution is 2.24. The number of likely N-dealkylation sites (N-methyl/N-ethyl adjacent to an activating group) is 2. The Labute approximate surface area is 165 Å². The van der Waals surface area contributed by atoms with Crippen LogP contribution in [0.2, 0.25) is 0 Å². The second-order valence-electron chi connectivity index (χ2n) is 5.83. The lowest BCUT2D eigenvalue weighted by Crippen LogP contribution is -2.43. The van der Waals surface area contributed by atoms with Gasteiger partial charge in [0.05, 0.1) is 6.04 Å². The number of benzene rings is 1. The first-order valence-corrected chi connectivity index (χ1v) is 8.57. The molecule has 0 saturated carbocycles. The van der Waals surface area contributed by atoms with Crippen molar-refractivity contribution in [2.24, 2.45) is 5.73 Å². The Morgan fingerprint density at radius 1 is 1.39 bits per heavy atom. The SMILES string of the molecule is C#CCOc1cccc(C=O)c1CN(C)C(CCC=O)C(=O)NC.CC(N)=O. The molecule has 3 N–H and O–H groups in total. The maximum atomic E-state index is 12.1. The van der Waals surface area contributed by atoms with E-state index in [0.29, 0.717) is 29.8 Å². The number of nitrogens with zero attached hydrogens (tertiary/aromatic N) is 1. The van der Waals surface area contributed by atoms with Crippen molar-refractivity contribution >= 4 is 24.4 Å². The van der Waals surface area contributed by atoms with Crippen LogP contribution in [0.5, 0.6) is 5.75 Å². The number of amides is 2. The van der Waals surface area contributed by atoms with E-state index in [9.17, 15) is 19.2 Å². The molecule has 0 bridgehead atoms. The van der Waals surface area contributed by atoms with Gasteiger partial charge >= 0.3 is 0 Å². The third-order valence-electron chi connectivity index (χ3n) is 3.65. The maximum absolute atomic E-state index is 12.1. The summed E-state index contributed by atoms with van der Waals surface area (Å²) < 4.78 is 5.50. The topological polar surface area (TPSA) is 119 Å². The zero-order valence-electron chi connectivity index (χ0n) is 16.4. The number of aldehydes is 2. The van der Waals surface area contributed by atoms with Crippen LogP contribution in [0.15, 0.2) is 18.2 Å². The van der Waals surface area contributed by atoms with Crippen LogP contribution in [-0.2, 0) is 20.9 Å². The Kier molecular flexibility index (Phi) is 12.4. The van der Waals surface area contributed by atoms with Crippen molar-refractivity contribution in [2.75, 3.05) is 20.7 Å². The number of carbonyl (C=O) groups is 4. The molecule has 0 heterocycles. The minimum atomic E-state index is -0.486. The predicted octanol–water partition coefficient (Wildman–Crippen LogP) is 0.528. The zero-order valence-corrected chi connectivity index (χ0v) is 16.4. The standard InChI is InChI=1S/C18H22N2O4.C2H5NO/c1-4-11-24-17-9-5-7-14(13-22)15(17)12-20(3)16(8-6-10-21)18(23)19-2;1-2(3)4/h1,5,7,9-10,13,16H,6,8,11-12H2,2-3H3,(H,19,23);1H3,(H2,3,4). The summed E-state index contributed by atoms with van der Waals surface area (Å²) in [7, 11) is 3.31. The molecular formula is C20H27N3O5. The van der Waals surface area contributed by atoms with Gasteiger partial charge in [-0.3, -0.25) is 19.3 Å². The van der Waals surface area contributed by atoms with Crippen LogP contribution in [0, 0.1) is 12.3 Å². The molecule has 1 atom stereocenters. The van der Waals surface area contributed by atoms with Crippen molar-refractivity contribution in [3.63, 3.8) is 0 Å². The van der Waals surface area contributed by atoms with Gasteiger partial charge in [-0.15, -0.1) is 6.42 Å². The first-order valence-electron chi connectivity index (χ1n) is 8.57. The molecule has 1 aromatic rings. The number of carbonyl (C=O) groups excluding carboxylic acids is 4. The van der Waals surface area contributed by atoms with Crippen LogP contribution in [0.4, 0.5) is 0 Å². The van der Waals surface area contributed by atoms with Crippen LogP contribution in [0.25, 0.3) is 0 Å². The van der Waals surface area contributed by atoms with Crippen molar-refractivity contribution < 1.29 is 23.9 Å². The van der Waals surface area contributed by atoms with E-state index < -0.39 is 6.04 Å². The summed E-state index contributed by atoms with van der Waals surface area (Å²) in [5, 5.41) is 2.59. The molecule has 28 heavy (non-hydrogen) atoms. The predicted molar refractivity (Wildman–Crippen MR) is 106 cm³/mol. The smallest absolute Gasteiger partial charge is 0.237 e. The van der Waals surface area contributed by atoms with Gasteiger partial charge < -0.3 is 20.6 Å². The van der Waals surface area contributed by atoms with E-state index in [2.05, 4.69) is 17.0 Å². The van der Waals surface area contributed by atoms with E-state index in [1.807, 2.05) is 0 Å². The fourth-order valence-corrected chi connectivity index (χ4v) is 2.42. The Morgan fingerprint density at radius 3 is 2.54 bits per heavy atom.